The zero-order valence-corrected chi connectivity index (χ0v) is 21.6. The molecule has 0 radical (unpaired) electrons. The summed E-state index contributed by atoms with van der Waals surface area (Å²) in [4.78, 5) is 7.57. The van der Waals surface area contributed by atoms with Crippen LogP contribution in [0.1, 0.15) is 42.3 Å². The Morgan fingerprint density at radius 3 is 2.78 bits per heavy atom. The number of ether oxygens (including phenoxy) is 3. The van der Waals surface area contributed by atoms with Crippen molar-refractivity contribution in [1.82, 2.24) is 14.6 Å². The number of anilines is 1. The highest BCUT2D eigenvalue weighted by molar-refractivity contribution is 6.33. The SMILES string of the molecule is CCCN(Cc1ccc2c(c1)OCO2)c1c2c(nc3c(-c4ccc(OC)cc4Cl)c(C)nn13)CCC2. The predicted molar refractivity (Wildman–Crippen MR) is 141 cm³/mol. The van der Waals surface area contributed by atoms with Crippen molar-refractivity contribution in [3.8, 4) is 28.4 Å². The number of aromatic nitrogens is 3. The summed E-state index contributed by atoms with van der Waals surface area (Å²) in [6.07, 6.45) is 4.10. The van der Waals surface area contributed by atoms with E-state index < -0.39 is 0 Å². The Bertz CT molecular complexity index is 1470. The molecule has 0 N–H and O–H groups in total. The van der Waals surface area contributed by atoms with Crippen molar-refractivity contribution in [2.24, 2.45) is 0 Å². The number of halogens is 1. The molecule has 2 aliphatic rings. The molecule has 2 aromatic heterocycles. The fraction of sp³-hybridized carbons (Fsp3) is 0.357. The van der Waals surface area contributed by atoms with Crippen molar-refractivity contribution in [3.63, 3.8) is 0 Å². The Morgan fingerprint density at radius 1 is 1.11 bits per heavy atom. The molecule has 3 heterocycles. The van der Waals surface area contributed by atoms with Crippen molar-refractivity contribution in [3.05, 3.63) is 63.9 Å². The van der Waals surface area contributed by atoms with Crippen LogP contribution in [0.3, 0.4) is 0 Å². The van der Waals surface area contributed by atoms with E-state index in [-0.39, 0.29) is 6.79 Å². The lowest BCUT2D eigenvalue weighted by molar-refractivity contribution is 0.174. The van der Waals surface area contributed by atoms with Crippen molar-refractivity contribution in [2.45, 2.75) is 46.1 Å². The fourth-order valence-corrected chi connectivity index (χ4v) is 5.63. The molecule has 4 aromatic rings. The van der Waals surface area contributed by atoms with Crippen molar-refractivity contribution >= 4 is 23.1 Å². The molecule has 186 valence electrons. The van der Waals surface area contributed by atoms with Crippen LogP contribution in [0.2, 0.25) is 5.02 Å². The molecule has 1 aliphatic carbocycles. The Balaban J connectivity index is 1.51. The van der Waals surface area contributed by atoms with Gasteiger partial charge in [-0.3, -0.25) is 0 Å². The van der Waals surface area contributed by atoms with Crippen molar-refractivity contribution in [1.29, 1.82) is 0 Å². The van der Waals surface area contributed by atoms with E-state index >= 15 is 0 Å². The van der Waals surface area contributed by atoms with Crippen LogP contribution in [0.4, 0.5) is 5.82 Å². The van der Waals surface area contributed by atoms with Gasteiger partial charge in [0.25, 0.3) is 0 Å². The first-order chi connectivity index (χ1) is 17.6. The van der Waals surface area contributed by atoms with E-state index in [0.717, 1.165) is 90.0 Å². The number of aryl methyl sites for hydroxylation is 2. The lowest BCUT2D eigenvalue weighted by Gasteiger charge is -2.27. The number of rotatable bonds is 7. The zero-order valence-electron chi connectivity index (χ0n) is 20.8. The quantitative estimate of drug-likeness (QED) is 0.307. The highest BCUT2D eigenvalue weighted by atomic mass is 35.5. The van der Waals surface area contributed by atoms with Crippen LogP contribution in [-0.2, 0) is 19.4 Å². The molecule has 0 spiro atoms. The van der Waals surface area contributed by atoms with Gasteiger partial charge in [-0.05, 0) is 68.5 Å². The molecule has 0 saturated carbocycles. The molecule has 0 saturated heterocycles. The van der Waals surface area contributed by atoms with Gasteiger partial charge in [-0.15, -0.1) is 0 Å². The van der Waals surface area contributed by atoms with Crippen LogP contribution in [0.25, 0.3) is 16.8 Å². The van der Waals surface area contributed by atoms with E-state index in [1.54, 1.807) is 7.11 Å². The molecule has 0 unspecified atom stereocenters. The summed E-state index contributed by atoms with van der Waals surface area (Å²) < 4.78 is 18.6. The second kappa shape index (κ2) is 9.21. The number of fused-ring (bicyclic) bond motifs is 3. The standard InChI is InChI=1S/C28H29ClN4O3/c1-4-12-32(15-18-8-11-24-25(13-18)36-16-35-24)28-21-6-5-7-23(21)30-27-26(17(2)31-33(27)28)20-10-9-19(34-3)14-22(20)29/h8-11,13-14H,4-7,12,15-16H2,1-3H3. The Hall–Kier alpha value is -3.45. The highest BCUT2D eigenvalue weighted by Gasteiger charge is 2.28. The van der Waals surface area contributed by atoms with E-state index in [4.69, 9.17) is 35.9 Å². The maximum Gasteiger partial charge on any atom is 0.231 e. The molecule has 0 amide bonds. The van der Waals surface area contributed by atoms with Gasteiger partial charge in [0, 0.05) is 29.9 Å². The third-order valence-corrected chi connectivity index (χ3v) is 7.30. The van der Waals surface area contributed by atoms with Gasteiger partial charge in [-0.25, -0.2) is 4.98 Å². The Labute approximate surface area is 215 Å². The minimum absolute atomic E-state index is 0.277. The van der Waals surface area contributed by atoms with E-state index in [2.05, 4.69) is 24.0 Å². The molecule has 2 aromatic carbocycles. The predicted octanol–water partition coefficient (Wildman–Crippen LogP) is 6.00. The highest BCUT2D eigenvalue weighted by Crippen LogP contribution is 2.40. The van der Waals surface area contributed by atoms with Crippen LogP contribution >= 0.6 is 11.6 Å². The first kappa shape index (κ1) is 23.0. The third-order valence-electron chi connectivity index (χ3n) is 6.99. The largest absolute Gasteiger partial charge is 0.497 e. The summed E-state index contributed by atoms with van der Waals surface area (Å²) in [6, 6.07) is 12.0. The Kier molecular flexibility index (Phi) is 5.88. The minimum Gasteiger partial charge on any atom is -0.497 e. The number of benzene rings is 2. The zero-order chi connectivity index (χ0) is 24.8. The smallest absolute Gasteiger partial charge is 0.231 e. The monoisotopic (exact) mass is 504 g/mol. The van der Waals surface area contributed by atoms with E-state index in [1.807, 2.05) is 35.7 Å². The Morgan fingerprint density at radius 2 is 1.97 bits per heavy atom. The summed E-state index contributed by atoms with van der Waals surface area (Å²) in [7, 11) is 1.64. The second-order valence-electron chi connectivity index (χ2n) is 9.36. The first-order valence-corrected chi connectivity index (χ1v) is 12.8. The normalized spacial score (nSPS) is 13.9. The van der Waals surface area contributed by atoms with Crippen LogP contribution in [0.15, 0.2) is 36.4 Å². The summed E-state index contributed by atoms with van der Waals surface area (Å²) in [5.74, 6) is 3.47. The lowest BCUT2D eigenvalue weighted by atomic mass is 10.1. The molecular weight excluding hydrogens is 476 g/mol. The molecular formula is C28H29ClN4O3. The minimum atomic E-state index is 0.277. The van der Waals surface area contributed by atoms with Crippen LogP contribution in [0.5, 0.6) is 17.2 Å². The van der Waals surface area contributed by atoms with Gasteiger partial charge in [0.05, 0.1) is 23.4 Å². The molecule has 0 atom stereocenters. The maximum absolute atomic E-state index is 6.72. The van der Waals surface area contributed by atoms with Gasteiger partial charge >= 0.3 is 0 Å². The van der Waals surface area contributed by atoms with Crippen LogP contribution < -0.4 is 19.1 Å². The number of hydrogen-bond acceptors (Lipinski definition) is 6. The molecule has 0 fully saturated rings. The molecule has 0 bridgehead atoms. The average molecular weight is 505 g/mol. The summed E-state index contributed by atoms with van der Waals surface area (Å²) in [6.45, 7) is 6.16. The maximum atomic E-state index is 6.72. The molecule has 36 heavy (non-hydrogen) atoms. The number of nitrogens with zero attached hydrogens (tertiary/aromatic N) is 4. The van der Waals surface area contributed by atoms with Crippen molar-refractivity contribution in [2.75, 3.05) is 25.3 Å². The number of methoxy groups -OCH3 is 1. The first-order valence-electron chi connectivity index (χ1n) is 12.5. The summed E-state index contributed by atoms with van der Waals surface area (Å²) in [5.41, 5.74) is 7.27. The van der Waals surface area contributed by atoms with E-state index in [1.165, 1.54) is 11.1 Å². The molecule has 8 heteroatoms. The summed E-state index contributed by atoms with van der Waals surface area (Å²) >= 11 is 6.72. The van der Waals surface area contributed by atoms with Crippen LogP contribution in [-0.4, -0.2) is 35.0 Å². The third kappa shape index (κ3) is 3.82. The van der Waals surface area contributed by atoms with Crippen LogP contribution in [0, 0.1) is 6.92 Å². The average Bonchev–Trinajstić information content (AvgIpc) is 3.60. The fourth-order valence-electron chi connectivity index (χ4n) is 5.37. The van der Waals surface area contributed by atoms with Crippen molar-refractivity contribution < 1.29 is 14.2 Å². The van der Waals surface area contributed by atoms with E-state index in [9.17, 15) is 0 Å². The van der Waals surface area contributed by atoms with Gasteiger partial charge in [0.2, 0.25) is 6.79 Å². The van der Waals surface area contributed by atoms with Gasteiger partial charge in [-0.1, -0.05) is 24.6 Å². The molecule has 1 aliphatic heterocycles. The van der Waals surface area contributed by atoms with Gasteiger partial charge in [0.1, 0.15) is 11.6 Å². The van der Waals surface area contributed by atoms with Gasteiger partial charge in [0.15, 0.2) is 17.1 Å². The topological polar surface area (TPSA) is 61.1 Å². The molecule has 7 nitrogen and oxygen atoms in total. The lowest BCUT2D eigenvalue weighted by Crippen LogP contribution is -2.27. The number of hydrogen-bond donors (Lipinski definition) is 0. The second-order valence-corrected chi connectivity index (χ2v) is 9.77. The summed E-state index contributed by atoms with van der Waals surface area (Å²) in [5, 5.41) is 5.66. The molecule has 6 rings (SSSR count). The van der Waals surface area contributed by atoms with E-state index in [0.29, 0.717) is 5.02 Å². The van der Waals surface area contributed by atoms with Gasteiger partial charge in [-0.2, -0.15) is 9.61 Å². The van der Waals surface area contributed by atoms with Gasteiger partial charge < -0.3 is 19.1 Å².